The van der Waals surface area contributed by atoms with Gasteiger partial charge in [0.15, 0.2) is 5.82 Å². The molecule has 1 aromatic heterocycles. The van der Waals surface area contributed by atoms with Crippen LogP contribution in [0.4, 0.5) is 0 Å². The van der Waals surface area contributed by atoms with Gasteiger partial charge >= 0.3 is 0 Å². The molecule has 0 bridgehead atoms. The normalized spacial score (nSPS) is 10.9. The zero-order valence-corrected chi connectivity index (χ0v) is 10.1. The predicted molar refractivity (Wildman–Crippen MR) is 67.8 cm³/mol. The lowest BCUT2D eigenvalue weighted by Crippen LogP contribution is -2.82. The van der Waals surface area contributed by atoms with Crippen LogP contribution in [0.1, 0.15) is 25.6 Å². The maximum absolute atomic E-state index is 11.8. The van der Waals surface area contributed by atoms with E-state index >= 15 is 0 Å². The monoisotopic (exact) mass is 232 g/mol. The third-order valence-electron chi connectivity index (χ3n) is 2.76. The minimum Gasteiger partial charge on any atom is -0.340 e. The van der Waals surface area contributed by atoms with Crippen molar-refractivity contribution in [3.05, 3.63) is 40.4 Å². The molecule has 1 heterocycles. The number of hydrogen-bond donors (Lipinski definition) is 2. The summed E-state index contributed by atoms with van der Waals surface area (Å²) in [4.78, 5) is 19.1. The summed E-state index contributed by atoms with van der Waals surface area (Å²) in [6.45, 7) is 3.98. The molecule has 0 aliphatic heterocycles. The Bertz CT molecular complexity index is 548. The molecule has 2 rings (SSSR count). The van der Waals surface area contributed by atoms with Gasteiger partial charge in [-0.25, -0.2) is 4.98 Å². The Labute approximate surface area is 100 Å². The van der Waals surface area contributed by atoms with E-state index in [4.69, 9.17) is 0 Å². The minimum atomic E-state index is -0.0468. The van der Waals surface area contributed by atoms with Gasteiger partial charge in [0.2, 0.25) is 0 Å². The molecule has 0 radical (unpaired) electrons. The number of aromatic nitrogens is 2. The van der Waals surface area contributed by atoms with E-state index in [9.17, 15) is 4.79 Å². The molecule has 0 fully saturated rings. The number of para-hydroxylation sites is 1. The highest BCUT2D eigenvalue weighted by atomic mass is 16.1. The molecule has 4 nitrogen and oxygen atoms in total. The number of nitrogens with zero attached hydrogens (tertiary/aromatic N) is 1. The number of nitrogens with two attached hydrogens (primary N) is 1. The van der Waals surface area contributed by atoms with E-state index in [1.807, 2.05) is 18.2 Å². The molecule has 0 saturated heterocycles. The van der Waals surface area contributed by atoms with Gasteiger partial charge < -0.3 is 10.3 Å². The van der Waals surface area contributed by atoms with Gasteiger partial charge in [-0.1, -0.05) is 25.5 Å². The van der Waals surface area contributed by atoms with Crippen LogP contribution in [0, 0.1) is 0 Å². The van der Waals surface area contributed by atoms with Gasteiger partial charge in [0, 0.05) is 0 Å². The van der Waals surface area contributed by atoms with Gasteiger partial charge in [0.25, 0.3) is 5.56 Å². The summed E-state index contributed by atoms with van der Waals surface area (Å²) in [5.74, 6) is 0.754. The second-order valence-electron chi connectivity index (χ2n) is 4.16. The van der Waals surface area contributed by atoms with Crippen LogP contribution in [-0.2, 0) is 6.54 Å². The SMILES string of the molecule is CCCC[NH2+]Cc1nc2ccccc2c(=O)[nH]1. The minimum absolute atomic E-state index is 0.0468. The van der Waals surface area contributed by atoms with Gasteiger partial charge in [-0.15, -0.1) is 0 Å². The van der Waals surface area contributed by atoms with Gasteiger partial charge in [0.05, 0.1) is 17.4 Å². The maximum atomic E-state index is 11.8. The summed E-state index contributed by atoms with van der Waals surface area (Å²) in [6, 6.07) is 7.43. The number of rotatable bonds is 5. The molecule has 0 atom stereocenters. The fraction of sp³-hybridized carbons (Fsp3) is 0.385. The summed E-state index contributed by atoms with van der Waals surface area (Å²) in [7, 11) is 0. The lowest BCUT2D eigenvalue weighted by atomic mass is 10.2. The lowest BCUT2D eigenvalue weighted by molar-refractivity contribution is -0.671. The number of benzene rings is 1. The Morgan fingerprint density at radius 3 is 3.00 bits per heavy atom. The van der Waals surface area contributed by atoms with Gasteiger partial charge in [-0.05, 0) is 18.6 Å². The average molecular weight is 232 g/mol. The molecular formula is C13H18N3O+. The van der Waals surface area contributed by atoms with E-state index in [0.29, 0.717) is 5.39 Å². The topological polar surface area (TPSA) is 62.4 Å². The summed E-state index contributed by atoms with van der Waals surface area (Å²) >= 11 is 0. The third kappa shape index (κ3) is 2.91. The van der Waals surface area contributed by atoms with Crippen molar-refractivity contribution < 1.29 is 5.32 Å². The van der Waals surface area contributed by atoms with Gasteiger partial charge in [0.1, 0.15) is 6.54 Å². The fourth-order valence-electron chi connectivity index (χ4n) is 1.82. The fourth-order valence-corrected chi connectivity index (χ4v) is 1.82. The molecule has 0 saturated carbocycles. The molecule has 4 heteroatoms. The lowest BCUT2D eigenvalue weighted by Gasteiger charge is -2.02. The molecule has 90 valence electrons. The molecule has 17 heavy (non-hydrogen) atoms. The maximum Gasteiger partial charge on any atom is 0.258 e. The summed E-state index contributed by atoms with van der Waals surface area (Å²) in [6.07, 6.45) is 2.38. The molecule has 1 aromatic carbocycles. The van der Waals surface area contributed by atoms with Crippen molar-refractivity contribution in [2.24, 2.45) is 0 Å². The second kappa shape index (κ2) is 5.59. The Hall–Kier alpha value is -1.68. The highest BCUT2D eigenvalue weighted by molar-refractivity contribution is 5.77. The Balaban J connectivity index is 2.16. The van der Waals surface area contributed by atoms with Crippen LogP contribution in [0.25, 0.3) is 10.9 Å². The van der Waals surface area contributed by atoms with Gasteiger partial charge in [-0.2, -0.15) is 0 Å². The number of H-pyrrole nitrogens is 1. The van der Waals surface area contributed by atoms with Crippen LogP contribution in [0.3, 0.4) is 0 Å². The first-order chi connectivity index (χ1) is 8.31. The van der Waals surface area contributed by atoms with Crippen molar-refractivity contribution in [2.45, 2.75) is 26.3 Å². The number of nitrogens with one attached hydrogen (secondary N) is 1. The van der Waals surface area contributed by atoms with Crippen molar-refractivity contribution >= 4 is 10.9 Å². The van der Waals surface area contributed by atoms with Crippen molar-refractivity contribution in [2.75, 3.05) is 6.54 Å². The number of hydrogen-bond acceptors (Lipinski definition) is 2. The first-order valence-corrected chi connectivity index (χ1v) is 6.11. The predicted octanol–water partition coefficient (Wildman–Crippen LogP) is 0.787. The molecule has 0 aliphatic carbocycles. The average Bonchev–Trinajstić information content (AvgIpc) is 2.35. The summed E-state index contributed by atoms with van der Waals surface area (Å²) < 4.78 is 0. The first-order valence-electron chi connectivity index (χ1n) is 6.11. The van der Waals surface area contributed by atoms with E-state index in [1.165, 1.54) is 12.8 Å². The van der Waals surface area contributed by atoms with E-state index < -0.39 is 0 Å². The van der Waals surface area contributed by atoms with Crippen LogP contribution >= 0.6 is 0 Å². The number of unbranched alkanes of at least 4 members (excludes halogenated alkanes) is 1. The van der Waals surface area contributed by atoms with Crippen LogP contribution < -0.4 is 10.9 Å². The van der Waals surface area contributed by atoms with Crippen LogP contribution in [0.2, 0.25) is 0 Å². The second-order valence-corrected chi connectivity index (χ2v) is 4.16. The summed E-state index contributed by atoms with van der Waals surface area (Å²) in [5, 5.41) is 2.83. The molecule has 0 amide bonds. The highest BCUT2D eigenvalue weighted by Gasteiger charge is 2.03. The van der Waals surface area contributed by atoms with Crippen molar-refractivity contribution in [1.29, 1.82) is 0 Å². The van der Waals surface area contributed by atoms with Crippen LogP contribution in [0.15, 0.2) is 29.1 Å². The van der Waals surface area contributed by atoms with Crippen LogP contribution in [0.5, 0.6) is 0 Å². The third-order valence-corrected chi connectivity index (χ3v) is 2.76. The Morgan fingerprint density at radius 2 is 2.18 bits per heavy atom. The van der Waals surface area contributed by atoms with Crippen molar-refractivity contribution in [3.8, 4) is 0 Å². The smallest absolute Gasteiger partial charge is 0.258 e. The molecule has 0 unspecified atom stereocenters. The molecule has 0 spiro atoms. The van der Waals surface area contributed by atoms with Crippen molar-refractivity contribution in [1.82, 2.24) is 9.97 Å². The molecule has 0 aliphatic rings. The number of fused-ring (bicyclic) bond motifs is 1. The highest BCUT2D eigenvalue weighted by Crippen LogP contribution is 2.04. The Morgan fingerprint density at radius 1 is 1.35 bits per heavy atom. The largest absolute Gasteiger partial charge is 0.340 e. The molecular weight excluding hydrogens is 214 g/mol. The Kier molecular flexibility index (Phi) is 3.88. The van der Waals surface area contributed by atoms with E-state index in [2.05, 4.69) is 22.2 Å². The summed E-state index contributed by atoms with van der Waals surface area (Å²) in [5.41, 5.74) is 0.727. The number of quaternary nitrogens is 1. The van der Waals surface area contributed by atoms with Crippen LogP contribution in [-0.4, -0.2) is 16.5 Å². The first kappa shape index (κ1) is 11.8. The zero-order chi connectivity index (χ0) is 12.1. The van der Waals surface area contributed by atoms with Crippen molar-refractivity contribution in [3.63, 3.8) is 0 Å². The molecule has 2 aromatic rings. The van der Waals surface area contributed by atoms with Gasteiger partial charge in [-0.3, -0.25) is 4.79 Å². The van der Waals surface area contributed by atoms with E-state index in [1.54, 1.807) is 6.07 Å². The number of aromatic amines is 1. The zero-order valence-electron chi connectivity index (χ0n) is 10.1. The van der Waals surface area contributed by atoms with E-state index in [0.717, 1.165) is 24.4 Å². The molecule has 3 N–H and O–H groups in total. The quantitative estimate of drug-likeness (QED) is 0.749. The van der Waals surface area contributed by atoms with E-state index in [-0.39, 0.29) is 5.56 Å². The standard InChI is InChI=1S/C13H17N3O/c1-2-3-8-14-9-12-15-11-7-5-4-6-10(11)13(17)16-12/h4-7,14H,2-3,8-9H2,1H3,(H,15,16,17)/p+1.